The van der Waals surface area contributed by atoms with E-state index < -0.39 is 0 Å². The zero-order chi connectivity index (χ0) is 18.1. The first-order valence-corrected chi connectivity index (χ1v) is 9.60. The summed E-state index contributed by atoms with van der Waals surface area (Å²) in [5.74, 6) is -0.159. The van der Waals surface area contributed by atoms with E-state index in [2.05, 4.69) is 15.2 Å². The Bertz CT molecular complexity index is 967. The van der Waals surface area contributed by atoms with Gasteiger partial charge in [-0.05, 0) is 42.8 Å². The summed E-state index contributed by atoms with van der Waals surface area (Å²) in [6.45, 7) is 5.08. The molecule has 0 bridgehead atoms. The summed E-state index contributed by atoms with van der Waals surface area (Å²) < 4.78 is 6.39. The molecule has 0 spiro atoms. The van der Waals surface area contributed by atoms with Gasteiger partial charge in [-0.1, -0.05) is 29.0 Å². The van der Waals surface area contributed by atoms with Crippen LogP contribution in [0.2, 0.25) is 5.02 Å². The minimum Gasteiger partial charge on any atom is -0.378 e. The second kappa shape index (κ2) is 7.23. The molecule has 134 valence electrons. The number of hydrogen-bond donors (Lipinski definition) is 1. The molecule has 0 saturated carbocycles. The lowest BCUT2D eigenvalue weighted by molar-refractivity contribution is 0.102. The highest BCUT2D eigenvalue weighted by atomic mass is 35.5. The summed E-state index contributed by atoms with van der Waals surface area (Å²) in [6.07, 6.45) is 0. The van der Waals surface area contributed by atoms with Crippen molar-refractivity contribution in [2.45, 2.75) is 6.92 Å². The molecule has 1 fully saturated rings. The van der Waals surface area contributed by atoms with Crippen LogP contribution >= 0.6 is 22.9 Å². The molecular formula is C19H18ClN3O2S. The summed E-state index contributed by atoms with van der Waals surface area (Å²) >= 11 is 7.73. The van der Waals surface area contributed by atoms with Crippen LogP contribution in [0.4, 0.5) is 10.8 Å². The smallest absolute Gasteiger partial charge is 0.255 e. The minimum absolute atomic E-state index is 0.159. The number of benzene rings is 2. The maximum Gasteiger partial charge on any atom is 0.255 e. The molecule has 1 N–H and O–H groups in total. The SMILES string of the molecule is Cc1ccc(NC(=O)c2ccc3nc(N4CCOCC4)sc3c2)cc1Cl. The third kappa shape index (κ3) is 3.53. The Morgan fingerprint density at radius 2 is 2.04 bits per heavy atom. The first kappa shape index (κ1) is 17.3. The predicted molar refractivity (Wildman–Crippen MR) is 107 cm³/mol. The number of anilines is 2. The number of halogens is 1. The third-order valence-corrected chi connectivity index (χ3v) is 5.84. The highest BCUT2D eigenvalue weighted by molar-refractivity contribution is 7.22. The average Bonchev–Trinajstić information content (AvgIpc) is 3.09. The Hall–Kier alpha value is -2.15. The number of aryl methyl sites for hydroxylation is 1. The monoisotopic (exact) mass is 387 g/mol. The van der Waals surface area contributed by atoms with Gasteiger partial charge in [-0.25, -0.2) is 4.98 Å². The number of nitrogens with zero attached hydrogens (tertiary/aromatic N) is 2. The van der Waals surface area contributed by atoms with E-state index in [1.165, 1.54) is 0 Å². The lowest BCUT2D eigenvalue weighted by Gasteiger charge is -2.25. The molecule has 0 radical (unpaired) electrons. The number of aromatic nitrogens is 1. The van der Waals surface area contributed by atoms with Crippen LogP contribution in [0.15, 0.2) is 36.4 Å². The lowest BCUT2D eigenvalue weighted by atomic mass is 10.2. The van der Waals surface area contributed by atoms with Crippen LogP contribution in [0, 0.1) is 6.92 Å². The maximum atomic E-state index is 12.6. The number of morpholine rings is 1. The molecule has 1 aromatic heterocycles. The van der Waals surface area contributed by atoms with E-state index in [9.17, 15) is 4.79 Å². The Morgan fingerprint density at radius 1 is 1.23 bits per heavy atom. The third-order valence-electron chi connectivity index (χ3n) is 4.35. The summed E-state index contributed by atoms with van der Waals surface area (Å²) in [6, 6.07) is 11.1. The largest absolute Gasteiger partial charge is 0.378 e. The molecule has 2 heterocycles. The van der Waals surface area contributed by atoms with Crippen LogP contribution in [-0.2, 0) is 4.74 Å². The van der Waals surface area contributed by atoms with Gasteiger partial charge in [-0.3, -0.25) is 4.79 Å². The summed E-state index contributed by atoms with van der Waals surface area (Å²) in [7, 11) is 0. The first-order chi connectivity index (χ1) is 12.6. The van der Waals surface area contributed by atoms with Gasteiger partial charge < -0.3 is 15.0 Å². The molecule has 1 aliphatic rings. The van der Waals surface area contributed by atoms with Gasteiger partial charge in [0.1, 0.15) is 0 Å². The number of carbonyl (C=O) groups excluding carboxylic acids is 1. The second-order valence-electron chi connectivity index (χ2n) is 6.20. The molecule has 0 atom stereocenters. The van der Waals surface area contributed by atoms with Crippen molar-refractivity contribution in [3.05, 3.63) is 52.5 Å². The Kier molecular flexibility index (Phi) is 4.80. The number of thiazole rings is 1. The topological polar surface area (TPSA) is 54.5 Å². The predicted octanol–water partition coefficient (Wildman–Crippen LogP) is 4.35. The van der Waals surface area contributed by atoms with E-state index in [1.54, 1.807) is 23.5 Å². The van der Waals surface area contributed by atoms with Crippen LogP contribution in [0.5, 0.6) is 0 Å². The van der Waals surface area contributed by atoms with Crippen molar-refractivity contribution in [3.8, 4) is 0 Å². The zero-order valence-corrected chi connectivity index (χ0v) is 15.9. The van der Waals surface area contributed by atoms with E-state index in [0.29, 0.717) is 16.3 Å². The van der Waals surface area contributed by atoms with Crippen LogP contribution in [-0.4, -0.2) is 37.2 Å². The van der Waals surface area contributed by atoms with Crippen LogP contribution in [0.25, 0.3) is 10.2 Å². The molecule has 4 rings (SSSR count). The second-order valence-corrected chi connectivity index (χ2v) is 7.61. The van der Waals surface area contributed by atoms with Gasteiger partial charge in [0, 0.05) is 29.4 Å². The summed E-state index contributed by atoms with van der Waals surface area (Å²) in [5, 5.41) is 4.51. The number of rotatable bonds is 3. The quantitative estimate of drug-likeness (QED) is 0.726. The molecule has 26 heavy (non-hydrogen) atoms. The van der Waals surface area contributed by atoms with Crippen molar-refractivity contribution in [3.63, 3.8) is 0 Å². The van der Waals surface area contributed by atoms with Gasteiger partial charge >= 0.3 is 0 Å². The number of carbonyl (C=O) groups is 1. The van der Waals surface area contributed by atoms with Gasteiger partial charge in [0.2, 0.25) is 0 Å². The molecule has 1 amide bonds. The number of amides is 1. The number of ether oxygens (including phenoxy) is 1. The number of hydrogen-bond acceptors (Lipinski definition) is 5. The first-order valence-electron chi connectivity index (χ1n) is 8.41. The fraction of sp³-hybridized carbons (Fsp3) is 0.263. The molecule has 0 aliphatic carbocycles. The van der Waals surface area contributed by atoms with Gasteiger partial charge in [-0.2, -0.15) is 0 Å². The number of fused-ring (bicyclic) bond motifs is 1. The highest BCUT2D eigenvalue weighted by Crippen LogP contribution is 2.30. The van der Waals surface area contributed by atoms with Gasteiger partial charge in [-0.15, -0.1) is 0 Å². The Labute approximate surface area is 160 Å². The fourth-order valence-electron chi connectivity index (χ4n) is 2.82. The average molecular weight is 388 g/mol. The van der Waals surface area contributed by atoms with Crippen LogP contribution in [0.1, 0.15) is 15.9 Å². The van der Waals surface area contributed by atoms with Crippen molar-refractivity contribution >= 4 is 49.9 Å². The number of nitrogens with one attached hydrogen (secondary N) is 1. The molecule has 5 nitrogen and oxygen atoms in total. The molecule has 7 heteroatoms. The van der Waals surface area contributed by atoms with E-state index in [-0.39, 0.29) is 5.91 Å². The van der Waals surface area contributed by atoms with Crippen molar-refractivity contribution < 1.29 is 9.53 Å². The fourth-order valence-corrected chi connectivity index (χ4v) is 4.05. The van der Waals surface area contributed by atoms with E-state index in [0.717, 1.165) is 47.2 Å². The molecule has 0 unspecified atom stereocenters. The van der Waals surface area contributed by atoms with Crippen LogP contribution in [0.3, 0.4) is 0 Å². The summed E-state index contributed by atoms with van der Waals surface area (Å²) in [4.78, 5) is 19.5. The molecule has 1 aliphatic heterocycles. The zero-order valence-electron chi connectivity index (χ0n) is 14.3. The molecule has 3 aromatic rings. The van der Waals surface area contributed by atoms with Gasteiger partial charge in [0.25, 0.3) is 5.91 Å². The lowest BCUT2D eigenvalue weighted by Crippen LogP contribution is -2.36. The van der Waals surface area contributed by atoms with Crippen molar-refractivity contribution in [1.82, 2.24) is 4.98 Å². The Morgan fingerprint density at radius 3 is 2.81 bits per heavy atom. The van der Waals surface area contributed by atoms with E-state index >= 15 is 0 Å². The molecule has 1 saturated heterocycles. The molecular weight excluding hydrogens is 370 g/mol. The van der Waals surface area contributed by atoms with E-state index in [4.69, 9.17) is 16.3 Å². The normalized spacial score (nSPS) is 14.6. The summed E-state index contributed by atoms with van der Waals surface area (Å²) in [5.41, 5.74) is 3.17. The van der Waals surface area contributed by atoms with Gasteiger partial charge in [0.05, 0.1) is 23.4 Å². The van der Waals surface area contributed by atoms with Crippen molar-refractivity contribution in [2.24, 2.45) is 0 Å². The standard InChI is InChI=1S/C19H18ClN3O2S/c1-12-2-4-14(11-15(12)20)21-18(24)13-3-5-16-17(10-13)26-19(22-16)23-6-8-25-9-7-23/h2-5,10-11H,6-9H2,1H3,(H,21,24). The van der Waals surface area contributed by atoms with E-state index in [1.807, 2.05) is 31.2 Å². The van der Waals surface area contributed by atoms with Gasteiger partial charge in [0.15, 0.2) is 5.13 Å². The van der Waals surface area contributed by atoms with Crippen molar-refractivity contribution in [1.29, 1.82) is 0 Å². The van der Waals surface area contributed by atoms with Crippen molar-refractivity contribution in [2.75, 3.05) is 36.5 Å². The van der Waals surface area contributed by atoms with Crippen LogP contribution < -0.4 is 10.2 Å². The maximum absolute atomic E-state index is 12.6. The highest BCUT2D eigenvalue weighted by Gasteiger charge is 2.16. The molecule has 2 aromatic carbocycles. The minimum atomic E-state index is -0.159. The Balaban J connectivity index is 1.56.